The zero-order valence-electron chi connectivity index (χ0n) is 12.0. The van der Waals surface area contributed by atoms with Crippen molar-refractivity contribution in [2.45, 2.75) is 32.2 Å². The van der Waals surface area contributed by atoms with Crippen LogP contribution in [-0.4, -0.2) is 39.7 Å². The molecule has 1 aromatic carbocycles. The number of hydrogen-bond donors (Lipinski definition) is 2. The predicted molar refractivity (Wildman–Crippen MR) is 76.2 cm³/mol. The van der Waals surface area contributed by atoms with Crippen molar-refractivity contribution in [1.82, 2.24) is 4.90 Å². The van der Waals surface area contributed by atoms with Crippen molar-refractivity contribution < 1.29 is 24.3 Å². The molecule has 0 radical (unpaired) electrons. The molecular formula is C15H16N2O5. The fourth-order valence-corrected chi connectivity index (χ4v) is 2.62. The minimum absolute atomic E-state index is 0.188. The van der Waals surface area contributed by atoms with Crippen molar-refractivity contribution >= 4 is 23.7 Å². The zero-order chi connectivity index (χ0) is 16.4. The highest BCUT2D eigenvalue weighted by Crippen LogP contribution is 2.29. The van der Waals surface area contributed by atoms with Gasteiger partial charge >= 0.3 is 5.97 Å². The third-order valence-electron chi connectivity index (χ3n) is 3.56. The predicted octanol–water partition coefficient (Wildman–Crippen LogP) is 0.564. The smallest absolute Gasteiger partial charge is 0.306 e. The van der Waals surface area contributed by atoms with Gasteiger partial charge in [0.1, 0.15) is 6.04 Å². The van der Waals surface area contributed by atoms with Gasteiger partial charge < -0.3 is 10.8 Å². The summed E-state index contributed by atoms with van der Waals surface area (Å²) < 4.78 is 0. The van der Waals surface area contributed by atoms with Crippen LogP contribution in [0.15, 0.2) is 18.2 Å². The first-order valence-electron chi connectivity index (χ1n) is 6.89. The maximum absolute atomic E-state index is 12.5. The number of hydrogen-bond acceptors (Lipinski definition) is 4. The summed E-state index contributed by atoms with van der Waals surface area (Å²) >= 11 is 0. The number of imide groups is 1. The lowest BCUT2D eigenvalue weighted by molar-refractivity contribution is -0.140. The van der Waals surface area contributed by atoms with Gasteiger partial charge in [0.05, 0.1) is 17.5 Å². The minimum Gasteiger partial charge on any atom is -0.481 e. The molecule has 1 aliphatic heterocycles. The molecule has 1 aromatic rings. The van der Waals surface area contributed by atoms with Gasteiger partial charge in [-0.2, -0.15) is 0 Å². The molecule has 0 aromatic heterocycles. The summed E-state index contributed by atoms with van der Waals surface area (Å²) in [6.45, 7) is 1.94. The third-order valence-corrected chi connectivity index (χ3v) is 3.56. The van der Waals surface area contributed by atoms with Gasteiger partial charge in [-0.25, -0.2) is 0 Å². The number of aryl methyl sites for hydroxylation is 1. The quantitative estimate of drug-likeness (QED) is 0.745. The summed E-state index contributed by atoms with van der Waals surface area (Å²) in [7, 11) is 0. The van der Waals surface area contributed by atoms with E-state index in [9.17, 15) is 19.2 Å². The number of carbonyl (C=O) groups is 4. The normalized spacial score (nSPS) is 14.9. The van der Waals surface area contributed by atoms with Crippen molar-refractivity contribution in [3.63, 3.8) is 0 Å². The molecule has 7 heteroatoms. The molecule has 3 amide bonds. The van der Waals surface area contributed by atoms with Crippen molar-refractivity contribution in [3.05, 3.63) is 34.9 Å². The van der Waals surface area contributed by atoms with Crippen LogP contribution in [0.4, 0.5) is 0 Å². The topological polar surface area (TPSA) is 118 Å². The summed E-state index contributed by atoms with van der Waals surface area (Å²) in [5, 5.41) is 8.86. The Balaban J connectivity index is 2.48. The molecule has 2 rings (SSSR count). The highest BCUT2D eigenvalue weighted by Gasteiger charge is 2.43. The molecule has 1 atom stereocenters. The first-order chi connectivity index (χ1) is 10.4. The maximum Gasteiger partial charge on any atom is 0.306 e. The summed E-state index contributed by atoms with van der Waals surface area (Å²) in [5.41, 5.74) is 6.31. The molecule has 1 aliphatic rings. The minimum atomic E-state index is -1.49. The van der Waals surface area contributed by atoms with E-state index in [0.29, 0.717) is 16.9 Å². The number of carboxylic acids is 1. The number of carbonyl (C=O) groups excluding carboxylic acids is 3. The maximum atomic E-state index is 12.5. The Morgan fingerprint density at radius 2 is 1.95 bits per heavy atom. The Kier molecular flexibility index (Phi) is 4.25. The fourth-order valence-electron chi connectivity index (χ4n) is 2.62. The highest BCUT2D eigenvalue weighted by atomic mass is 16.4. The van der Waals surface area contributed by atoms with E-state index in [2.05, 4.69) is 0 Å². The average Bonchev–Trinajstić information content (AvgIpc) is 2.69. The summed E-state index contributed by atoms with van der Waals surface area (Å²) in [5.74, 6) is -3.67. The van der Waals surface area contributed by atoms with E-state index < -0.39 is 36.2 Å². The molecule has 1 heterocycles. The monoisotopic (exact) mass is 304 g/mol. The van der Waals surface area contributed by atoms with Crippen LogP contribution in [0.25, 0.3) is 0 Å². The van der Waals surface area contributed by atoms with E-state index in [-0.39, 0.29) is 11.1 Å². The Morgan fingerprint density at radius 1 is 1.27 bits per heavy atom. The molecule has 0 saturated carbocycles. The van der Waals surface area contributed by atoms with E-state index in [0.717, 1.165) is 6.42 Å². The van der Waals surface area contributed by atoms with Crippen LogP contribution in [0.1, 0.15) is 46.0 Å². The molecule has 116 valence electrons. The van der Waals surface area contributed by atoms with Gasteiger partial charge in [0.25, 0.3) is 11.8 Å². The molecule has 3 N–H and O–H groups in total. The number of benzene rings is 1. The molecule has 0 aliphatic carbocycles. The second-order valence-corrected chi connectivity index (χ2v) is 5.09. The first kappa shape index (κ1) is 15.7. The molecule has 0 fully saturated rings. The van der Waals surface area contributed by atoms with Gasteiger partial charge in [-0.05, 0) is 18.1 Å². The van der Waals surface area contributed by atoms with Gasteiger partial charge in [0.2, 0.25) is 5.91 Å². The largest absolute Gasteiger partial charge is 0.481 e. The number of amides is 3. The van der Waals surface area contributed by atoms with Crippen molar-refractivity contribution in [3.8, 4) is 0 Å². The summed E-state index contributed by atoms with van der Waals surface area (Å²) in [6.07, 6.45) is 0.687. The van der Waals surface area contributed by atoms with Crippen molar-refractivity contribution in [2.75, 3.05) is 0 Å². The Hall–Kier alpha value is -2.70. The van der Waals surface area contributed by atoms with E-state index in [1.165, 1.54) is 6.07 Å². The van der Waals surface area contributed by atoms with Gasteiger partial charge in [-0.3, -0.25) is 24.1 Å². The Labute approximate surface area is 126 Å². The number of aliphatic carboxylic acids is 1. The lowest BCUT2D eigenvalue weighted by atomic mass is 9.99. The second kappa shape index (κ2) is 5.97. The van der Waals surface area contributed by atoms with Gasteiger partial charge in [-0.1, -0.05) is 25.5 Å². The Bertz CT molecular complexity index is 668. The van der Waals surface area contributed by atoms with E-state index in [4.69, 9.17) is 10.8 Å². The number of fused-ring (bicyclic) bond motifs is 1. The molecule has 0 spiro atoms. The molecule has 0 bridgehead atoms. The van der Waals surface area contributed by atoms with Gasteiger partial charge in [-0.15, -0.1) is 0 Å². The molecule has 7 nitrogen and oxygen atoms in total. The Morgan fingerprint density at radius 3 is 2.50 bits per heavy atom. The molecule has 22 heavy (non-hydrogen) atoms. The van der Waals surface area contributed by atoms with Crippen LogP contribution >= 0.6 is 0 Å². The van der Waals surface area contributed by atoms with Crippen LogP contribution < -0.4 is 5.73 Å². The van der Waals surface area contributed by atoms with Crippen LogP contribution in [0.5, 0.6) is 0 Å². The second-order valence-electron chi connectivity index (χ2n) is 5.09. The van der Waals surface area contributed by atoms with Crippen molar-refractivity contribution in [2.24, 2.45) is 5.73 Å². The molecule has 1 unspecified atom stereocenters. The number of nitrogens with two attached hydrogens (primary N) is 1. The fraction of sp³-hybridized carbons (Fsp3) is 0.333. The average molecular weight is 304 g/mol. The number of nitrogens with zero attached hydrogens (tertiary/aromatic N) is 1. The molecular weight excluding hydrogens is 288 g/mol. The van der Waals surface area contributed by atoms with Crippen LogP contribution in [0.2, 0.25) is 0 Å². The van der Waals surface area contributed by atoms with Crippen LogP contribution in [0.3, 0.4) is 0 Å². The van der Waals surface area contributed by atoms with Crippen molar-refractivity contribution in [1.29, 1.82) is 0 Å². The van der Waals surface area contributed by atoms with Crippen LogP contribution in [-0.2, 0) is 16.0 Å². The van der Waals surface area contributed by atoms with Gasteiger partial charge in [0, 0.05) is 0 Å². The number of rotatable bonds is 6. The zero-order valence-corrected chi connectivity index (χ0v) is 12.0. The summed E-state index contributed by atoms with van der Waals surface area (Å²) in [6, 6.07) is 3.41. The highest BCUT2D eigenvalue weighted by molar-refractivity contribution is 6.23. The summed E-state index contributed by atoms with van der Waals surface area (Å²) in [4.78, 5) is 48.0. The molecule has 0 saturated heterocycles. The number of carboxylic acid groups (broad SMARTS) is 1. The van der Waals surface area contributed by atoms with E-state index in [1.807, 2.05) is 6.92 Å². The van der Waals surface area contributed by atoms with E-state index in [1.54, 1.807) is 12.1 Å². The SMILES string of the molecule is CCCc1cccc2c1C(=O)N(C(CC(=O)O)C(N)=O)C2=O. The third kappa shape index (κ3) is 2.57. The lowest BCUT2D eigenvalue weighted by Gasteiger charge is -2.21. The first-order valence-corrected chi connectivity index (χ1v) is 6.89. The van der Waals surface area contributed by atoms with Gasteiger partial charge in [0.15, 0.2) is 0 Å². The lowest BCUT2D eigenvalue weighted by Crippen LogP contribution is -2.48. The number of primary amides is 1. The van der Waals surface area contributed by atoms with E-state index >= 15 is 0 Å². The van der Waals surface area contributed by atoms with Crippen LogP contribution in [0, 0.1) is 0 Å². The standard InChI is InChI=1S/C15H16N2O5/c1-2-4-8-5-3-6-9-12(8)15(22)17(14(9)21)10(13(16)20)7-11(18)19/h3,5-6,10H,2,4,7H2,1H3,(H2,16,20)(H,18,19).